The lowest BCUT2D eigenvalue weighted by molar-refractivity contribution is 0.274. The summed E-state index contributed by atoms with van der Waals surface area (Å²) >= 11 is 0. The maximum atomic E-state index is 8.66. The van der Waals surface area contributed by atoms with Crippen molar-refractivity contribution in [2.45, 2.75) is 0 Å². The summed E-state index contributed by atoms with van der Waals surface area (Å²) in [6.07, 6.45) is 0.0360. The number of aliphatic hydroxyl groups excluding tert-OH is 1. The van der Waals surface area contributed by atoms with Gasteiger partial charge in [-0.25, -0.2) is 0 Å². The van der Waals surface area contributed by atoms with E-state index in [-0.39, 0.29) is 6.23 Å². The molecule has 0 saturated carbocycles. The van der Waals surface area contributed by atoms with Gasteiger partial charge in [-0.1, -0.05) is 0 Å². The molecule has 0 atom stereocenters. The molecular formula is CH10O5Si4. The van der Waals surface area contributed by atoms with Crippen LogP contribution in [0.15, 0.2) is 0 Å². The van der Waals surface area contributed by atoms with Crippen molar-refractivity contribution in [2.24, 2.45) is 0 Å². The Morgan fingerprint density at radius 1 is 1.10 bits per heavy atom. The molecule has 1 fully saturated rings. The van der Waals surface area contributed by atoms with Crippen LogP contribution >= 0.6 is 0 Å². The first-order valence-corrected chi connectivity index (χ1v) is 8.15. The Morgan fingerprint density at radius 2 is 1.70 bits per heavy atom. The van der Waals surface area contributed by atoms with Gasteiger partial charge in [-0.3, -0.25) is 0 Å². The minimum Gasteiger partial charge on any atom is -0.425 e. The van der Waals surface area contributed by atoms with E-state index in [1.54, 1.807) is 0 Å². The Balaban J connectivity index is 2.16. The van der Waals surface area contributed by atoms with Gasteiger partial charge in [-0.05, 0) is 0 Å². The van der Waals surface area contributed by atoms with Crippen LogP contribution < -0.4 is 0 Å². The summed E-state index contributed by atoms with van der Waals surface area (Å²) in [4.78, 5) is 0. The van der Waals surface area contributed by atoms with Gasteiger partial charge in [-0.2, -0.15) is 0 Å². The molecule has 1 heterocycles. The van der Waals surface area contributed by atoms with Gasteiger partial charge < -0.3 is 21.6 Å². The molecule has 1 aliphatic heterocycles. The maximum absolute atomic E-state index is 8.66. The molecule has 0 aliphatic carbocycles. The fourth-order valence-electron chi connectivity index (χ4n) is 0.528. The molecule has 9 heteroatoms. The van der Waals surface area contributed by atoms with Crippen molar-refractivity contribution in [3.8, 4) is 0 Å². The molecule has 1 rings (SSSR count). The molecule has 0 amide bonds. The highest BCUT2D eigenvalue weighted by Crippen LogP contribution is 1.89. The van der Waals surface area contributed by atoms with E-state index in [4.69, 9.17) is 21.6 Å². The van der Waals surface area contributed by atoms with E-state index in [9.17, 15) is 0 Å². The van der Waals surface area contributed by atoms with Crippen molar-refractivity contribution in [3.63, 3.8) is 0 Å². The van der Waals surface area contributed by atoms with Gasteiger partial charge >= 0.3 is 9.28 Å². The quantitative estimate of drug-likeness (QED) is 0.449. The van der Waals surface area contributed by atoms with Gasteiger partial charge in [0.05, 0.1) is 6.23 Å². The van der Waals surface area contributed by atoms with Crippen LogP contribution in [-0.4, -0.2) is 50.6 Å². The van der Waals surface area contributed by atoms with Gasteiger partial charge in [0.2, 0.25) is 0 Å². The lowest BCUT2D eigenvalue weighted by Crippen LogP contribution is -2.36. The van der Waals surface area contributed by atoms with E-state index in [0.717, 1.165) is 0 Å². The van der Waals surface area contributed by atoms with Crippen molar-refractivity contribution in [1.82, 2.24) is 0 Å². The molecular weight excluding hydrogens is 204 g/mol. The van der Waals surface area contributed by atoms with Crippen LogP contribution in [0.5, 0.6) is 0 Å². The second kappa shape index (κ2) is 5.34. The molecule has 1 saturated heterocycles. The zero-order chi connectivity index (χ0) is 7.23. The highest BCUT2D eigenvalue weighted by atomic mass is 28.4. The number of rotatable bonds is 1. The smallest absolute Gasteiger partial charge is 0.329 e. The molecule has 60 valence electrons. The Bertz CT molecular complexity index is 81.7. The Morgan fingerprint density at radius 3 is 2.20 bits per heavy atom. The molecule has 0 spiro atoms. The van der Waals surface area contributed by atoms with Gasteiger partial charge in [0, 0.05) is 0 Å². The van der Waals surface area contributed by atoms with E-state index in [1.165, 1.54) is 0 Å². The first kappa shape index (κ1) is 8.76. The third-order valence-corrected chi connectivity index (χ3v) is 8.02. The van der Waals surface area contributed by atoms with Crippen molar-refractivity contribution in [1.29, 1.82) is 0 Å². The SMILES string of the molecule is OC[SiH]1O[SiH2]O[SiH2]O[SiH2]O1. The highest BCUT2D eigenvalue weighted by Gasteiger charge is 2.13. The molecule has 0 radical (unpaired) electrons. The normalized spacial score (nSPS) is 36.3. The molecule has 0 aromatic carbocycles. The van der Waals surface area contributed by atoms with Gasteiger partial charge in [0.15, 0.2) is 0 Å². The van der Waals surface area contributed by atoms with E-state index in [1.807, 2.05) is 0 Å². The van der Waals surface area contributed by atoms with Crippen LogP contribution in [0.4, 0.5) is 0 Å². The lowest BCUT2D eigenvalue weighted by Gasteiger charge is -2.18. The highest BCUT2D eigenvalue weighted by molar-refractivity contribution is 6.59. The molecule has 5 nitrogen and oxygen atoms in total. The summed E-state index contributed by atoms with van der Waals surface area (Å²) in [5.41, 5.74) is 0. The average molecular weight is 214 g/mol. The topological polar surface area (TPSA) is 57.2 Å². The first-order valence-electron chi connectivity index (χ1n) is 2.93. The second-order valence-electron chi connectivity index (χ2n) is 1.71. The second-order valence-corrected chi connectivity index (χ2v) is 9.57. The average Bonchev–Trinajstić information content (AvgIpc) is 1.87. The largest absolute Gasteiger partial charge is 0.425 e. The third-order valence-electron chi connectivity index (χ3n) is 0.990. The molecule has 0 bridgehead atoms. The summed E-state index contributed by atoms with van der Waals surface area (Å²) in [6.45, 7) is 0. The molecule has 0 aromatic heterocycles. The number of hydrogen-bond donors (Lipinski definition) is 1. The van der Waals surface area contributed by atoms with Crippen LogP contribution in [0.2, 0.25) is 0 Å². The van der Waals surface area contributed by atoms with Crippen molar-refractivity contribution in [2.75, 3.05) is 6.23 Å². The molecule has 10 heavy (non-hydrogen) atoms. The van der Waals surface area contributed by atoms with E-state index in [0.29, 0.717) is 0 Å². The van der Waals surface area contributed by atoms with Gasteiger partial charge in [0.25, 0.3) is 30.0 Å². The third kappa shape index (κ3) is 3.18. The fourth-order valence-corrected chi connectivity index (χ4v) is 8.42. The Labute approximate surface area is 67.7 Å². The Hall–Kier alpha value is 0.668. The molecule has 0 unspecified atom stereocenters. The summed E-state index contributed by atoms with van der Waals surface area (Å²) in [5.74, 6) is 0. The molecule has 0 aromatic rings. The monoisotopic (exact) mass is 214 g/mol. The zero-order valence-corrected chi connectivity index (χ0v) is 10.9. The van der Waals surface area contributed by atoms with E-state index >= 15 is 0 Å². The molecule has 1 aliphatic rings. The van der Waals surface area contributed by atoms with Gasteiger partial charge in [-0.15, -0.1) is 0 Å². The van der Waals surface area contributed by atoms with Crippen molar-refractivity contribution < 1.29 is 21.6 Å². The molecule has 1 N–H and O–H groups in total. The zero-order valence-electron chi connectivity index (χ0n) is 5.49. The van der Waals surface area contributed by atoms with Crippen LogP contribution in [0.25, 0.3) is 0 Å². The first-order chi connectivity index (χ1) is 4.93. The number of aliphatic hydroxyl groups is 1. The maximum Gasteiger partial charge on any atom is 0.329 e. The fraction of sp³-hybridized carbons (Fsp3) is 1.00. The van der Waals surface area contributed by atoms with Crippen molar-refractivity contribution in [3.05, 3.63) is 0 Å². The predicted molar refractivity (Wildman–Crippen MR) is 44.2 cm³/mol. The lowest BCUT2D eigenvalue weighted by atomic mass is 11.7. The minimum absolute atomic E-state index is 0.0360. The predicted octanol–water partition coefficient (Wildman–Crippen LogP) is -4.19. The standard InChI is InChI=1S/CH10O5Si4/c2-1-10-5-8-3-7-4-9-6-10/h2,10H,1,7-9H2. The van der Waals surface area contributed by atoms with Crippen LogP contribution in [0.3, 0.4) is 0 Å². The number of hydrogen-bond acceptors (Lipinski definition) is 5. The van der Waals surface area contributed by atoms with E-state index < -0.39 is 39.3 Å². The van der Waals surface area contributed by atoms with Crippen molar-refractivity contribution >= 4 is 39.3 Å². The summed E-state index contributed by atoms with van der Waals surface area (Å²) in [7, 11) is -4.24. The van der Waals surface area contributed by atoms with E-state index in [2.05, 4.69) is 0 Å². The van der Waals surface area contributed by atoms with Gasteiger partial charge in [0.1, 0.15) is 0 Å². The minimum atomic E-state index is -1.73. The summed E-state index contributed by atoms with van der Waals surface area (Å²) in [5, 5.41) is 8.66. The van der Waals surface area contributed by atoms with Crippen LogP contribution in [-0.2, 0) is 16.5 Å². The summed E-state index contributed by atoms with van der Waals surface area (Å²) in [6, 6.07) is 0. The van der Waals surface area contributed by atoms with Crippen LogP contribution in [0.1, 0.15) is 0 Å². The Kier molecular flexibility index (Phi) is 4.67. The summed E-state index contributed by atoms with van der Waals surface area (Å²) < 4.78 is 20.6. The van der Waals surface area contributed by atoms with Crippen LogP contribution in [0, 0.1) is 0 Å².